The van der Waals surface area contributed by atoms with E-state index in [2.05, 4.69) is 10.1 Å². The van der Waals surface area contributed by atoms with Gasteiger partial charge in [0.25, 0.3) is 0 Å². The molecule has 0 saturated heterocycles. The van der Waals surface area contributed by atoms with Crippen molar-refractivity contribution in [1.29, 1.82) is 0 Å². The summed E-state index contributed by atoms with van der Waals surface area (Å²) in [6.45, 7) is 4.91. The standard InChI is InChI=1S/C6H13NO2.CH4/c1-3-5-7-6(8)9-4-2;/h3-5H2,1-2H3,(H,7,8);1H4. The number of hydrogen-bond acceptors (Lipinski definition) is 2. The number of amides is 1. The van der Waals surface area contributed by atoms with Gasteiger partial charge in [0.2, 0.25) is 0 Å². The molecular weight excluding hydrogens is 130 g/mol. The second-order valence-corrected chi connectivity index (χ2v) is 1.65. The zero-order valence-corrected chi connectivity index (χ0v) is 5.94. The fourth-order valence-corrected chi connectivity index (χ4v) is 0.409. The smallest absolute Gasteiger partial charge is 0.407 e. The second-order valence-electron chi connectivity index (χ2n) is 1.65. The van der Waals surface area contributed by atoms with Crippen LogP contribution >= 0.6 is 0 Å². The minimum atomic E-state index is -0.320. The minimum Gasteiger partial charge on any atom is -0.450 e. The third-order valence-electron chi connectivity index (χ3n) is 0.795. The number of ether oxygens (including phenoxy) is 1. The number of carbonyl (C=O) groups is 1. The van der Waals surface area contributed by atoms with E-state index in [1.165, 1.54) is 0 Å². The largest absolute Gasteiger partial charge is 0.450 e. The summed E-state index contributed by atoms with van der Waals surface area (Å²) in [4.78, 5) is 10.5. The molecule has 10 heavy (non-hydrogen) atoms. The third-order valence-corrected chi connectivity index (χ3v) is 0.795. The van der Waals surface area contributed by atoms with Crippen LogP contribution in [-0.4, -0.2) is 19.2 Å². The first-order chi connectivity index (χ1) is 4.31. The molecule has 0 aliphatic carbocycles. The van der Waals surface area contributed by atoms with Gasteiger partial charge in [-0.1, -0.05) is 14.4 Å². The highest BCUT2D eigenvalue weighted by molar-refractivity contribution is 5.66. The highest BCUT2D eigenvalue weighted by atomic mass is 16.5. The monoisotopic (exact) mass is 147 g/mol. The van der Waals surface area contributed by atoms with Gasteiger partial charge in [0, 0.05) is 6.54 Å². The molecule has 0 heterocycles. The first kappa shape index (κ1) is 12.0. The number of alkyl carbamates (subject to hydrolysis) is 1. The van der Waals surface area contributed by atoms with Crippen molar-refractivity contribution in [2.45, 2.75) is 27.7 Å². The van der Waals surface area contributed by atoms with E-state index in [-0.39, 0.29) is 13.5 Å². The van der Waals surface area contributed by atoms with Crippen LogP contribution in [0.15, 0.2) is 0 Å². The normalized spacial score (nSPS) is 7.80. The molecular formula is C7H17NO2. The van der Waals surface area contributed by atoms with E-state index in [1.807, 2.05) is 6.92 Å². The van der Waals surface area contributed by atoms with Crippen molar-refractivity contribution in [3.63, 3.8) is 0 Å². The Labute approximate surface area is 62.8 Å². The van der Waals surface area contributed by atoms with E-state index in [1.54, 1.807) is 6.92 Å². The van der Waals surface area contributed by atoms with E-state index in [4.69, 9.17) is 0 Å². The van der Waals surface area contributed by atoms with Crippen molar-refractivity contribution in [1.82, 2.24) is 5.32 Å². The third kappa shape index (κ3) is 7.27. The van der Waals surface area contributed by atoms with E-state index >= 15 is 0 Å². The quantitative estimate of drug-likeness (QED) is 0.660. The van der Waals surface area contributed by atoms with Gasteiger partial charge in [-0.05, 0) is 13.3 Å². The van der Waals surface area contributed by atoms with Crippen molar-refractivity contribution in [2.75, 3.05) is 13.2 Å². The van der Waals surface area contributed by atoms with Crippen molar-refractivity contribution in [3.8, 4) is 0 Å². The van der Waals surface area contributed by atoms with E-state index in [9.17, 15) is 4.79 Å². The molecule has 0 aliphatic heterocycles. The highest BCUT2D eigenvalue weighted by Gasteiger charge is 1.94. The van der Waals surface area contributed by atoms with Crippen LogP contribution < -0.4 is 5.32 Å². The molecule has 0 atom stereocenters. The van der Waals surface area contributed by atoms with Gasteiger partial charge >= 0.3 is 6.09 Å². The number of hydrogen-bond donors (Lipinski definition) is 1. The molecule has 0 radical (unpaired) electrons. The molecule has 0 aromatic heterocycles. The molecule has 1 amide bonds. The van der Waals surface area contributed by atoms with Gasteiger partial charge in [0.05, 0.1) is 6.61 Å². The molecule has 0 bridgehead atoms. The molecule has 62 valence electrons. The topological polar surface area (TPSA) is 38.3 Å². The van der Waals surface area contributed by atoms with Crippen molar-refractivity contribution < 1.29 is 9.53 Å². The van der Waals surface area contributed by atoms with Crippen molar-refractivity contribution in [2.24, 2.45) is 0 Å². The first-order valence-corrected chi connectivity index (χ1v) is 3.21. The average molecular weight is 147 g/mol. The highest BCUT2D eigenvalue weighted by Crippen LogP contribution is 1.76. The van der Waals surface area contributed by atoms with Crippen LogP contribution in [0.2, 0.25) is 0 Å². The zero-order chi connectivity index (χ0) is 7.11. The Morgan fingerprint density at radius 2 is 2.10 bits per heavy atom. The lowest BCUT2D eigenvalue weighted by atomic mass is 10.5. The molecule has 3 nitrogen and oxygen atoms in total. The van der Waals surface area contributed by atoms with Gasteiger partial charge in [-0.15, -0.1) is 0 Å². The minimum absolute atomic E-state index is 0. The Hall–Kier alpha value is -0.730. The summed E-state index contributed by atoms with van der Waals surface area (Å²) in [6, 6.07) is 0. The Bertz CT molecular complexity index is 83.7. The lowest BCUT2D eigenvalue weighted by molar-refractivity contribution is 0.152. The van der Waals surface area contributed by atoms with Crippen LogP contribution in [0.3, 0.4) is 0 Å². The van der Waals surface area contributed by atoms with E-state index in [0.29, 0.717) is 13.2 Å². The van der Waals surface area contributed by atoms with Crippen molar-refractivity contribution >= 4 is 6.09 Å². The molecule has 0 fully saturated rings. The summed E-state index contributed by atoms with van der Waals surface area (Å²) in [5.41, 5.74) is 0. The van der Waals surface area contributed by atoms with Crippen LogP contribution in [0.1, 0.15) is 27.7 Å². The van der Waals surface area contributed by atoms with Crippen LogP contribution in [0.25, 0.3) is 0 Å². The fraction of sp³-hybridized carbons (Fsp3) is 0.857. The zero-order valence-electron chi connectivity index (χ0n) is 5.94. The van der Waals surface area contributed by atoms with Gasteiger partial charge in [0.15, 0.2) is 0 Å². The Balaban J connectivity index is 0. The van der Waals surface area contributed by atoms with Gasteiger partial charge < -0.3 is 10.1 Å². The lowest BCUT2D eigenvalue weighted by Gasteiger charge is -2.01. The maximum Gasteiger partial charge on any atom is 0.407 e. The summed E-state index contributed by atoms with van der Waals surface area (Å²) >= 11 is 0. The summed E-state index contributed by atoms with van der Waals surface area (Å²) in [7, 11) is 0. The predicted octanol–water partition coefficient (Wildman–Crippen LogP) is 1.78. The summed E-state index contributed by atoms with van der Waals surface area (Å²) in [6.07, 6.45) is 0.623. The van der Waals surface area contributed by atoms with E-state index < -0.39 is 0 Å². The van der Waals surface area contributed by atoms with Gasteiger partial charge in [-0.3, -0.25) is 0 Å². The van der Waals surface area contributed by atoms with Crippen LogP contribution in [0.5, 0.6) is 0 Å². The molecule has 0 unspecified atom stereocenters. The van der Waals surface area contributed by atoms with Crippen LogP contribution in [-0.2, 0) is 4.74 Å². The molecule has 0 aromatic carbocycles. The Kier molecular flexibility index (Phi) is 9.92. The van der Waals surface area contributed by atoms with Gasteiger partial charge in [-0.2, -0.15) is 0 Å². The maximum atomic E-state index is 10.5. The molecule has 0 aromatic rings. The predicted molar refractivity (Wildman–Crippen MR) is 42.0 cm³/mol. The average Bonchev–Trinajstić information content (AvgIpc) is 1.85. The molecule has 0 aliphatic rings. The first-order valence-electron chi connectivity index (χ1n) is 3.21. The number of nitrogens with one attached hydrogen (secondary N) is 1. The Morgan fingerprint density at radius 1 is 1.50 bits per heavy atom. The number of rotatable bonds is 3. The van der Waals surface area contributed by atoms with Crippen molar-refractivity contribution in [3.05, 3.63) is 0 Å². The molecule has 0 spiro atoms. The molecule has 1 N–H and O–H groups in total. The van der Waals surface area contributed by atoms with Gasteiger partial charge in [-0.25, -0.2) is 4.79 Å². The summed E-state index contributed by atoms with van der Waals surface area (Å²) < 4.78 is 4.59. The van der Waals surface area contributed by atoms with Crippen LogP contribution in [0.4, 0.5) is 4.79 Å². The number of carbonyl (C=O) groups excluding carboxylic acids is 1. The molecule has 0 rings (SSSR count). The molecule has 0 saturated carbocycles. The molecule has 3 heteroatoms. The van der Waals surface area contributed by atoms with Crippen LogP contribution in [0, 0.1) is 0 Å². The second kappa shape index (κ2) is 8.27. The fourth-order valence-electron chi connectivity index (χ4n) is 0.409. The SMILES string of the molecule is C.CCCNC(=O)OCC. The summed E-state index contributed by atoms with van der Waals surface area (Å²) in [5.74, 6) is 0. The maximum absolute atomic E-state index is 10.5. The van der Waals surface area contributed by atoms with E-state index in [0.717, 1.165) is 6.42 Å². The summed E-state index contributed by atoms with van der Waals surface area (Å²) in [5, 5.41) is 2.57. The van der Waals surface area contributed by atoms with Gasteiger partial charge in [0.1, 0.15) is 0 Å². The lowest BCUT2D eigenvalue weighted by Crippen LogP contribution is -2.24. The Morgan fingerprint density at radius 3 is 2.50 bits per heavy atom.